The lowest BCUT2D eigenvalue weighted by Crippen LogP contribution is -2.54. The molecule has 0 spiro atoms. The lowest BCUT2D eigenvalue weighted by atomic mass is 10.0. The SMILES string of the molecule is CCC(Nc1cccc2c1C(=O)N(C1CCC(=O)NC1=O)C2=O)c1cn(CCCCCCCCCN2CCN(c3ccc(N4CCC[C@H](Oc5cc(-c6ccccc6O)nnc5N)C4)cc3)CC2)nn1. The molecule has 5 aromatic rings. The number of benzene rings is 3. The Labute approximate surface area is 408 Å². The van der Waals surface area contributed by atoms with E-state index in [0.29, 0.717) is 29.1 Å². The quantitative estimate of drug-likeness (QED) is 0.0478. The van der Waals surface area contributed by atoms with Gasteiger partial charge in [-0.3, -0.25) is 39.0 Å². The lowest BCUT2D eigenvalue weighted by Gasteiger charge is -2.37. The molecule has 9 rings (SSSR count). The molecule has 70 heavy (non-hydrogen) atoms. The van der Waals surface area contributed by atoms with Crippen LogP contribution in [0, 0.1) is 0 Å². The molecular weight excluding hydrogens is 889 g/mol. The third kappa shape index (κ3) is 11.0. The summed E-state index contributed by atoms with van der Waals surface area (Å²) in [6.45, 7) is 9.84. The summed E-state index contributed by atoms with van der Waals surface area (Å²) in [5.74, 6) is -1.26. The van der Waals surface area contributed by atoms with E-state index in [1.807, 2.05) is 23.9 Å². The molecule has 368 valence electrons. The van der Waals surface area contributed by atoms with E-state index < -0.39 is 29.7 Å². The molecule has 2 aromatic heterocycles. The van der Waals surface area contributed by atoms with Gasteiger partial charge in [-0.05, 0) is 93.6 Å². The molecule has 4 aliphatic rings. The third-order valence-electron chi connectivity index (χ3n) is 14.1. The van der Waals surface area contributed by atoms with Gasteiger partial charge in [0.1, 0.15) is 29.3 Å². The van der Waals surface area contributed by atoms with Gasteiger partial charge in [-0.25, -0.2) is 0 Å². The Balaban J connectivity index is 0.642. The van der Waals surface area contributed by atoms with Crippen LogP contribution in [0.5, 0.6) is 11.5 Å². The van der Waals surface area contributed by atoms with Crippen LogP contribution in [0.4, 0.5) is 22.9 Å². The molecular formula is C52H64N12O6. The van der Waals surface area contributed by atoms with Gasteiger partial charge < -0.3 is 30.7 Å². The second kappa shape index (κ2) is 22.1. The zero-order chi connectivity index (χ0) is 48.6. The molecule has 4 aliphatic heterocycles. The Hall–Kier alpha value is -7.08. The summed E-state index contributed by atoms with van der Waals surface area (Å²) >= 11 is 0. The molecule has 0 radical (unpaired) electrons. The molecule has 0 saturated carbocycles. The zero-order valence-corrected chi connectivity index (χ0v) is 40.0. The maximum Gasteiger partial charge on any atom is 0.264 e. The van der Waals surface area contributed by atoms with Crippen molar-refractivity contribution in [2.75, 3.05) is 66.7 Å². The number of phenols is 1. The summed E-state index contributed by atoms with van der Waals surface area (Å²) in [5.41, 5.74) is 11.4. The van der Waals surface area contributed by atoms with Crippen molar-refractivity contribution in [3.8, 4) is 22.8 Å². The summed E-state index contributed by atoms with van der Waals surface area (Å²) < 4.78 is 8.28. The monoisotopic (exact) mass is 953 g/mol. The molecule has 3 saturated heterocycles. The van der Waals surface area contributed by atoms with Crippen molar-refractivity contribution < 1.29 is 29.0 Å². The first kappa shape index (κ1) is 48.0. The number of anilines is 4. The van der Waals surface area contributed by atoms with Crippen molar-refractivity contribution >= 4 is 46.5 Å². The van der Waals surface area contributed by atoms with E-state index in [0.717, 1.165) is 88.6 Å². The number of aromatic nitrogens is 5. The van der Waals surface area contributed by atoms with E-state index in [9.17, 15) is 24.3 Å². The number of hydrogen-bond donors (Lipinski definition) is 4. The standard InChI is InChI=1S/C52H64N12O6/c1-2-40(54-41-17-12-16-39-48(41)52(69)64(51(39)68)44-23-24-47(66)55-50(44)67)43-34-63(59-57-43)27-11-7-5-3-4-6-10-25-60-28-30-61(31-29-60)35-19-21-36(22-20-35)62-26-13-14-37(33-62)70-46-32-42(56-58-49(46)53)38-15-8-9-18-45(38)65/h8-9,12,15-22,32,34,37,40,44,54,65H,2-7,10-11,13-14,23-31,33H2,1H3,(H2,53,58)(H,55,66,67)/t37-,40?,44?/m0/s1. The summed E-state index contributed by atoms with van der Waals surface area (Å²) in [4.78, 5) is 59.6. The molecule has 3 atom stereocenters. The minimum absolute atomic E-state index is 0.0509. The maximum atomic E-state index is 13.6. The fraction of sp³-hybridized carbons (Fsp3) is 0.462. The van der Waals surface area contributed by atoms with Gasteiger partial charge >= 0.3 is 0 Å². The van der Waals surface area contributed by atoms with Gasteiger partial charge in [0.25, 0.3) is 11.8 Å². The molecule has 2 unspecified atom stereocenters. The number of rotatable bonds is 20. The number of fused-ring (bicyclic) bond motifs is 1. The summed E-state index contributed by atoms with van der Waals surface area (Å²) in [6, 6.07) is 21.6. The molecule has 0 aliphatic carbocycles. The van der Waals surface area contributed by atoms with E-state index in [1.54, 1.807) is 42.5 Å². The highest BCUT2D eigenvalue weighted by atomic mass is 16.5. The molecule has 0 bridgehead atoms. The van der Waals surface area contributed by atoms with Crippen LogP contribution in [0.2, 0.25) is 0 Å². The highest BCUT2D eigenvalue weighted by Crippen LogP contribution is 2.36. The lowest BCUT2D eigenvalue weighted by molar-refractivity contribution is -0.136. The van der Waals surface area contributed by atoms with Crippen molar-refractivity contribution in [3.05, 3.63) is 95.8 Å². The minimum Gasteiger partial charge on any atom is -0.507 e. The van der Waals surface area contributed by atoms with Crippen LogP contribution >= 0.6 is 0 Å². The van der Waals surface area contributed by atoms with Crippen molar-refractivity contribution in [3.63, 3.8) is 0 Å². The smallest absolute Gasteiger partial charge is 0.264 e. The Morgan fingerprint density at radius 3 is 2.24 bits per heavy atom. The van der Waals surface area contributed by atoms with E-state index in [2.05, 4.69) is 70.1 Å². The van der Waals surface area contributed by atoms with Crippen LogP contribution in [-0.2, 0) is 16.1 Å². The number of nitrogen functional groups attached to an aromatic ring is 1. The number of ether oxygens (including phenoxy) is 1. The first-order valence-corrected chi connectivity index (χ1v) is 25.0. The van der Waals surface area contributed by atoms with Gasteiger partial charge in [-0.2, -0.15) is 0 Å². The molecule has 4 amide bonds. The first-order valence-electron chi connectivity index (χ1n) is 25.0. The van der Waals surface area contributed by atoms with Crippen LogP contribution < -0.4 is 30.9 Å². The number of carbonyl (C=O) groups excluding carboxylic acids is 4. The number of aryl methyl sites for hydroxylation is 1. The average molecular weight is 953 g/mol. The van der Waals surface area contributed by atoms with E-state index in [4.69, 9.17) is 10.5 Å². The van der Waals surface area contributed by atoms with Gasteiger partial charge in [0.2, 0.25) is 11.8 Å². The van der Waals surface area contributed by atoms with Crippen LogP contribution in [0.15, 0.2) is 79.0 Å². The molecule has 3 fully saturated rings. The second-order valence-corrected chi connectivity index (χ2v) is 18.8. The summed E-state index contributed by atoms with van der Waals surface area (Å²) in [6.07, 6.45) is 12.9. The van der Waals surface area contributed by atoms with Crippen LogP contribution in [0.1, 0.15) is 116 Å². The van der Waals surface area contributed by atoms with Crippen LogP contribution in [-0.4, -0.2) is 122 Å². The Bertz CT molecular complexity index is 2650. The zero-order valence-electron chi connectivity index (χ0n) is 40.0. The number of para-hydroxylation sites is 1. The molecule has 5 N–H and O–H groups in total. The fourth-order valence-corrected chi connectivity index (χ4v) is 10.1. The van der Waals surface area contributed by atoms with Crippen molar-refractivity contribution in [1.29, 1.82) is 0 Å². The Morgan fingerprint density at radius 1 is 0.786 bits per heavy atom. The highest BCUT2D eigenvalue weighted by molar-refractivity contribution is 6.25. The minimum atomic E-state index is -1.02. The Kier molecular flexibility index (Phi) is 15.2. The number of nitrogens with zero attached hydrogens (tertiary/aromatic N) is 9. The first-order chi connectivity index (χ1) is 34.1. The van der Waals surface area contributed by atoms with Crippen LogP contribution in [0.25, 0.3) is 11.3 Å². The number of piperidine rings is 2. The van der Waals surface area contributed by atoms with E-state index >= 15 is 0 Å². The van der Waals surface area contributed by atoms with Crippen molar-refractivity contribution in [1.82, 2.24) is 40.3 Å². The fourth-order valence-electron chi connectivity index (χ4n) is 10.1. The maximum absolute atomic E-state index is 13.6. The van der Waals surface area contributed by atoms with Gasteiger partial charge in [0, 0.05) is 74.4 Å². The number of amides is 4. The number of imide groups is 2. The van der Waals surface area contributed by atoms with Gasteiger partial charge in [-0.1, -0.05) is 62.4 Å². The van der Waals surface area contributed by atoms with Crippen LogP contribution in [0.3, 0.4) is 0 Å². The molecule has 6 heterocycles. The predicted molar refractivity (Wildman–Crippen MR) is 267 cm³/mol. The molecule has 3 aromatic carbocycles. The second-order valence-electron chi connectivity index (χ2n) is 18.8. The Morgan fingerprint density at radius 2 is 1.50 bits per heavy atom. The number of nitrogens with one attached hydrogen (secondary N) is 2. The van der Waals surface area contributed by atoms with E-state index in [1.165, 1.54) is 43.5 Å². The third-order valence-corrected chi connectivity index (χ3v) is 14.1. The number of phenolic OH excluding ortho intramolecular Hbond substituents is 1. The van der Waals surface area contributed by atoms with Crippen molar-refractivity contribution in [2.45, 2.75) is 109 Å². The number of carbonyl (C=O) groups is 4. The molecule has 18 nitrogen and oxygen atoms in total. The number of unbranched alkanes of at least 4 members (excludes halogenated alkanes) is 6. The van der Waals surface area contributed by atoms with Gasteiger partial charge in [0.05, 0.1) is 29.9 Å². The largest absolute Gasteiger partial charge is 0.507 e. The number of nitrogens with two attached hydrogens (primary N) is 1. The normalized spacial score (nSPS) is 19.1. The number of piperazine rings is 1. The molecule has 18 heteroatoms. The van der Waals surface area contributed by atoms with Crippen molar-refractivity contribution in [2.24, 2.45) is 0 Å². The number of hydrogen-bond acceptors (Lipinski definition) is 15. The highest BCUT2D eigenvalue weighted by Gasteiger charge is 2.46. The summed E-state index contributed by atoms with van der Waals surface area (Å²) in [7, 11) is 0. The van der Waals surface area contributed by atoms with E-state index in [-0.39, 0.29) is 47.7 Å². The summed E-state index contributed by atoms with van der Waals surface area (Å²) in [5, 5.41) is 33.1. The van der Waals surface area contributed by atoms with Gasteiger partial charge in [-0.15, -0.1) is 15.3 Å². The number of aromatic hydroxyl groups is 1. The topological polar surface area (TPSA) is 217 Å². The predicted octanol–water partition coefficient (Wildman–Crippen LogP) is 6.59. The van der Waals surface area contributed by atoms with Gasteiger partial charge in [0.15, 0.2) is 11.6 Å². The average Bonchev–Trinajstić information content (AvgIpc) is 3.95.